The third-order valence-corrected chi connectivity index (χ3v) is 7.03. The number of hydrogen-bond acceptors (Lipinski definition) is 5. The molecule has 158 valence electrons. The molecule has 0 aromatic heterocycles. The van der Waals surface area contributed by atoms with Crippen LogP contribution in [0.1, 0.15) is 46.0 Å². The van der Waals surface area contributed by atoms with Crippen LogP contribution in [-0.2, 0) is 19.4 Å². The van der Waals surface area contributed by atoms with Gasteiger partial charge in [0.15, 0.2) is 9.84 Å². The molecule has 0 bridgehead atoms. The summed E-state index contributed by atoms with van der Waals surface area (Å²) in [5.41, 5.74) is 0. The molecule has 0 aromatic rings. The predicted molar refractivity (Wildman–Crippen MR) is 109 cm³/mol. The van der Waals surface area contributed by atoms with Crippen molar-refractivity contribution in [2.45, 2.75) is 52.0 Å². The molecule has 2 amide bonds. The molecular formula is C18H34ClN3O4S. The van der Waals surface area contributed by atoms with Gasteiger partial charge in [-0.3, -0.25) is 9.59 Å². The Balaban J connectivity index is 0.00000364. The molecule has 2 unspecified atom stereocenters. The van der Waals surface area contributed by atoms with Gasteiger partial charge in [-0.15, -0.1) is 12.4 Å². The number of nitrogens with zero attached hydrogens (tertiary/aromatic N) is 1. The fraction of sp³-hybridized carbons (Fsp3) is 0.889. The molecule has 2 aliphatic rings. The van der Waals surface area contributed by atoms with E-state index in [1.165, 1.54) is 0 Å². The van der Waals surface area contributed by atoms with Crippen molar-refractivity contribution in [3.63, 3.8) is 0 Å². The van der Waals surface area contributed by atoms with E-state index in [4.69, 9.17) is 0 Å². The summed E-state index contributed by atoms with van der Waals surface area (Å²) in [7, 11) is -3.17. The van der Waals surface area contributed by atoms with E-state index in [1.54, 1.807) is 4.90 Å². The van der Waals surface area contributed by atoms with Crippen LogP contribution < -0.4 is 10.6 Å². The molecule has 0 aliphatic carbocycles. The van der Waals surface area contributed by atoms with Crippen LogP contribution in [0.5, 0.6) is 0 Å². The fourth-order valence-corrected chi connectivity index (χ4v) is 5.39. The third kappa shape index (κ3) is 8.35. The van der Waals surface area contributed by atoms with Crippen molar-refractivity contribution in [3.8, 4) is 0 Å². The highest BCUT2D eigenvalue weighted by atomic mass is 35.5. The summed E-state index contributed by atoms with van der Waals surface area (Å²) in [5, 5.41) is 6.18. The van der Waals surface area contributed by atoms with E-state index in [0.29, 0.717) is 19.6 Å². The van der Waals surface area contributed by atoms with Gasteiger partial charge in [0, 0.05) is 26.1 Å². The van der Waals surface area contributed by atoms with Crippen molar-refractivity contribution < 1.29 is 18.0 Å². The maximum Gasteiger partial charge on any atom is 0.237 e. The number of carbonyl (C=O) groups is 2. The van der Waals surface area contributed by atoms with Crippen LogP contribution in [0.15, 0.2) is 0 Å². The SMILES string of the molecule is CC(C)CS(=O)(=O)CCC(=O)N1CCCC(CNC(=O)C2CCCN2)C1.Cl. The van der Waals surface area contributed by atoms with Crippen molar-refractivity contribution in [1.82, 2.24) is 15.5 Å². The van der Waals surface area contributed by atoms with Gasteiger partial charge in [0.05, 0.1) is 17.5 Å². The Morgan fingerprint density at radius 2 is 1.96 bits per heavy atom. The Hall–Kier alpha value is -0.860. The minimum atomic E-state index is -3.17. The number of piperidine rings is 1. The standard InChI is InChI=1S/C18H33N3O4S.ClH/c1-14(2)13-26(24,25)10-7-17(22)21-9-4-5-15(12-21)11-20-18(23)16-6-3-8-19-16;/h14-16,19H,3-13H2,1-2H3,(H,20,23);1H. The first-order valence-corrected chi connectivity index (χ1v) is 11.6. The van der Waals surface area contributed by atoms with Gasteiger partial charge in [0.25, 0.3) is 0 Å². The average Bonchev–Trinajstić information content (AvgIpc) is 3.11. The first-order valence-electron chi connectivity index (χ1n) is 9.76. The maximum atomic E-state index is 12.4. The zero-order valence-corrected chi connectivity index (χ0v) is 18.0. The Labute approximate surface area is 169 Å². The van der Waals surface area contributed by atoms with Crippen LogP contribution in [-0.4, -0.2) is 68.9 Å². The zero-order chi connectivity index (χ0) is 19.2. The normalized spacial score (nSPS) is 23.1. The Morgan fingerprint density at radius 3 is 2.59 bits per heavy atom. The molecule has 9 heteroatoms. The van der Waals surface area contributed by atoms with Gasteiger partial charge in [0.2, 0.25) is 11.8 Å². The lowest BCUT2D eigenvalue weighted by molar-refractivity contribution is -0.132. The minimum Gasteiger partial charge on any atom is -0.354 e. The summed E-state index contributed by atoms with van der Waals surface area (Å²) in [4.78, 5) is 26.2. The monoisotopic (exact) mass is 423 g/mol. The van der Waals surface area contributed by atoms with E-state index < -0.39 is 9.84 Å². The summed E-state index contributed by atoms with van der Waals surface area (Å²) in [6.45, 7) is 6.48. The van der Waals surface area contributed by atoms with Crippen molar-refractivity contribution >= 4 is 34.1 Å². The number of nitrogens with one attached hydrogen (secondary N) is 2. The summed E-state index contributed by atoms with van der Waals surface area (Å²) in [5.74, 6) is 0.327. The molecule has 2 fully saturated rings. The van der Waals surface area contributed by atoms with Crippen molar-refractivity contribution in [2.75, 3.05) is 37.7 Å². The van der Waals surface area contributed by atoms with Crippen LogP contribution in [0.2, 0.25) is 0 Å². The number of halogens is 1. The van der Waals surface area contributed by atoms with Crippen LogP contribution in [0.3, 0.4) is 0 Å². The first-order chi connectivity index (χ1) is 12.3. The van der Waals surface area contributed by atoms with E-state index in [2.05, 4.69) is 10.6 Å². The van der Waals surface area contributed by atoms with E-state index in [0.717, 1.165) is 32.2 Å². The molecule has 0 saturated carbocycles. The number of hydrogen-bond donors (Lipinski definition) is 2. The molecule has 2 saturated heterocycles. The van der Waals surface area contributed by atoms with Crippen LogP contribution in [0.4, 0.5) is 0 Å². The van der Waals surface area contributed by atoms with E-state index in [1.807, 2.05) is 13.8 Å². The van der Waals surface area contributed by atoms with Crippen molar-refractivity contribution in [2.24, 2.45) is 11.8 Å². The highest BCUT2D eigenvalue weighted by Crippen LogP contribution is 2.17. The van der Waals surface area contributed by atoms with Gasteiger partial charge < -0.3 is 15.5 Å². The molecule has 2 atom stereocenters. The lowest BCUT2D eigenvalue weighted by Crippen LogP contribution is -2.47. The van der Waals surface area contributed by atoms with E-state index in [9.17, 15) is 18.0 Å². The highest BCUT2D eigenvalue weighted by molar-refractivity contribution is 7.91. The summed E-state index contributed by atoms with van der Waals surface area (Å²) in [6.07, 6.45) is 3.84. The molecule has 2 rings (SSSR count). The van der Waals surface area contributed by atoms with Gasteiger partial charge in [-0.2, -0.15) is 0 Å². The smallest absolute Gasteiger partial charge is 0.237 e. The van der Waals surface area contributed by atoms with Gasteiger partial charge in [0.1, 0.15) is 0 Å². The maximum absolute atomic E-state index is 12.4. The largest absolute Gasteiger partial charge is 0.354 e. The Bertz CT molecular complexity index is 591. The molecule has 0 radical (unpaired) electrons. The molecule has 2 heterocycles. The highest BCUT2D eigenvalue weighted by Gasteiger charge is 2.27. The first kappa shape index (κ1) is 24.2. The van der Waals surface area contributed by atoms with Crippen LogP contribution >= 0.6 is 12.4 Å². The number of likely N-dealkylation sites (tertiary alicyclic amines) is 1. The van der Waals surface area contributed by atoms with Gasteiger partial charge in [-0.1, -0.05) is 13.8 Å². The predicted octanol–water partition coefficient (Wildman–Crippen LogP) is 0.976. The number of sulfone groups is 1. The van der Waals surface area contributed by atoms with Crippen molar-refractivity contribution in [1.29, 1.82) is 0 Å². The second-order valence-electron chi connectivity index (χ2n) is 8.00. The topological polar surface area (TPSA) is 95.6 Å². The van der Waals surface area contributed by atoms with Gasteiger partial charge in [-0.05, 0) is 44.1 Å². The van der Waals surface area contributed by atoms with Crippen LogP contribution in [0, 0.1) is 11.8 Å². The summed E-state index contributed by atoms with van der Waals surface area (Å²) >= 11 is 0. The second-order valence-corrected chi connectivity index (χ2v) is 10.2. The third-order valence-electron chi connectivity index (χ3n) is 5.03. The van der Waals surface area contributed by atoms with Gasteiger partial charge >= 0.3 is 0 Å². The molecule has 7 nitrogen and oxygen atoms in total. The number of carbonyl (C=O) groups excluding carboxylic acids is 2. The molecule has 2 aliphatic heterocycles. The van der Waals surface area contributed by atoms with Crippen LogP contribution in [0.25, 0.3) is 0 Å². The van der Waals surface area contributed by atoms with E-state index >= 15 is 0 Å². The summed E-state index contributed by atoms with van der Waals surface area (Å²) in [6, 6.07) is -0.0810. The molecular weight excluding hydrogens is 390 g/mol. The molecule has 0 spiro atoms. The van der Waals surface area contributed by atoms with E-state index in [-0.39, 0.29) is 60.0 Å². The number of amides is 2. The Kier molecular flexibility index (Phi) is 10.0. The second kappa shape index (κ2) is 11.2. The van der Waals surface area contributed by atoms with Gasteiger partial charge in [-0.25, -0.2) is 8.42 Å². The summed E-state index contributed by atoms with van der Waals surface area (Å²) < 4.78 is 23.9. The zero-order valence-electron chi connectivity index (χ0n) is 16.4. The molecule has 0 aromatic carbocycles. The number of rotatable bonds is 8. The Morgan fingerprint density at radius 1 is 1.22 bits per heavy atom. The minimum absolute atomic E-state index is 0. The van der Waals surface area contributed by atoms with Crippen molar-refractivity contribution in [3.05, 3.63) is 0 Å². The lowest BCUT2D eigenvalue weighted by Gasteiger charge is -2.33. The fourth-order valence-electron chi connectivity index (χ4n) is 3.73. The lowest BCUT2D eigenvalue weighted by atomic mass is 9.97. The quantitative estimate of drug-likeness (QED) is 0.606. The molecule has 27 heavy (non-hydrogen) atoms. The average molecular weight is 424 g/mol. The molecule has 2 N–H and O–H groups in total.